The Balaban J connectivity index is 0.00000180. The molecule has 0 aromatic rings. The lowest BCUT2D eigenvalue weighted by Gasteiger charge is -2.33. The van der Waals surface area contributed by atoms with Gasteiger partial charge in [-0.3, -0.25) is 4.79 Å². The van der Waals surface area contributed by atoms with Crippen LogP contribution in [0, 0.1) is 23.7 Å². The molecule has 0 aliphatic heterocycles. The Morgan fingerprint density at radius 1 is 1.32 bits per heavy atom. The highest BCUT2D eigenvalue weighted by Gasteiger charge is 2.49. The van der Waals surface area contributed by atoms with E-state index in [1.165, 1.54) is 19.3 Å². The van der Waals surface area contributed by atoms with Gasteiger partial charge in [0, 0.05) is 19.1 Å². The van der Waals surface area contributed by atoms with Crippen LogP contribution in [0.5, 0.6) is 0 Å². The molecular formula is C15H29ClN2O. The first-order chi connectivity index (χ1) is 8.58. The van der Waals surface area contributed by atoms with Crippen molar-refractivity contribution in [1.82, 2.24) is 4.90 Å². The first-order valence-electron chi connectivity index (χ1n) is 7.62. The van der Waals surface area contributed by atoms with E-state index in [0.29, 0.717) is 23.7 Å². The zero-order valence-electron chi connectivity index (χ0n) is 12.5. The average Bonchev–Trinajstić information content (AvgIpc) is 2.95. The van der Waals surface area contributed by atoms with Gasteiger partial charge in [-0.15, -0.1) is 12.4 Å². The minimum absolute atomic E-state index is 0. The zero-order chi connectivity index (χ0) is 13.3. The molecule has 1 amide bonds. The van der Waals surface area contributed by atoms with Crippen molar-refractivity contribution in [3.05, 3.63) is 0 Å². The first kappa shape index (κ1) is 16.8. The van der Waals surface area contributed by atoms with Crippen LogP contribution in [0.15, 0.2) is 0 Å². The Morgan fingerprint density at radius 3 is 2.42 bits per heavy atom. The van der Waals surface area contributed by atoms with Crippen LogP contribution in [0.25, 0.3) is 0 Å². The number of fused-ring (bicyclic) bond motifs is 2. The van der Waals surface area contributed by atoms with Gasteiger partial charge in [-0.25, -0.2) is 0 Å². The maximum Gasteiger partial charge on any atom is 0.227 e. The molecule has 0 saturated heterocycles. The summed E-state index contributed by atoms with van der Waals surface area (Å²) in [7, 11) is 0. The van der Waals surface area contributed by atoms with Gasteiger partial charge < -0.3 is 10.6 Å². The van der Waals surface area contributed by atoms with Crippen LogP contribution in [0.4, 0.5) is 0 Å². The third-order valence-corrected chi connectivity index (χ3v) is 5.19. The Morgan fingerprint density at radius 2 is 1.95 bits per heavy atom. The van der Waals surface area contributed by atoms with Crippen molar-refractivity contribution in [3.63, 3.8) is 0 Å². The van der Waals surface area contributed by atoms with E-state index in [0.717, 1.165) is 19.5 Å². The number of rotatable bonds is 5. The van der Waals surface area contributed by atoms with Gasteiger partial charge in [0.05, 0.1) is 5.92 Å². The van der Waals surface area contributed by atoms with Gasteiger partial charge >= 0.3 is 0 Å². The summed E-state index contributed by atoms with van der Waals surface area (Å²) in [5.41, 5.74) is 6.27. The normalized spacial score (nSPS) is 33.9. The maximum atomic E-state index is 12.7. The average molecular weight is 289 g/mol. The van der Waals surface area contributed by atoms with Crippen molar-refractivity contribution in [1.29, 1.82) is 0 Å². The second-order valence-electron chi connectivity index (χ2n) is 6.33. The number of nitrogens with zero attached hydrogens (tertiary/aromatic N) is 1. The second kappa shape index (κ2) is 6.94. The molecule has 2 aliphatic rings. The number of carbonyl (C=O) groups is 1. The molecule has 2 fully saturated rings. The summed E-state index contributed by atoms with van der Waals surface area (Å²) in [6.45, 7) is 8.21. The maximum absolute atomic E-state index is 12.7. The number of hydrogen-bond acceptors (Lipinski definition) is 2. The van der Waals surface area contributed by atoms with Crippen LogP contribution in [0.2, 0.25) is 0 Å². The highest BCUT2D eigenvalue weighted by atomic mass is 35.5. The first-order valence-corrected chi connectivity index (χ1v) is 7.62. The molecule has 5 unspecified atom stereocenters. The summed E-state index contributed by atoms with van der Waals surface area (Å²) >= 11 is 0. The molecule has 2 N–H and O–H groups in total. The van der Waals surface area contributed by atoms with Crippen molar-refractivity contribution >= 4 is 18.3 Å². The van der Waals surface area contributed by atoms with Crippen LogP contribution >= 0.6 is 12.4 Å². The van der Waals surface area contributed by atoms with Gasteiger partial charge in [0.1, 0.15) is 0 Å². The van der Waals surface area contributed by atoms with Crippen LogP contribution in [-0.2, 0) is 4.79 Å². The summed E-state index contributed by atoms with van der Waals surface area (Å²) in [6.07, 6.45) is 4.79. The third-order valence-electron chi connectivity index (χ3n) is 5.19. The van der Waals surface area contributed by atoms with E-state index >= 15 is 0 Å². The Kier molecular flexibility index (Phi) is 6.13. The summed E-state index contributed by atoms with van der Waals surface area (Å²) in [5.74, 6) is 2.23. The Hall–Kier alpha value is -0.280. The van der Waals surface area contributed by atoms with Crippen LogP contribution in [-0.4, -0.2) is 29.9 Å². The summed E-state index contributed by atoms with van der Waals surface area (Å²) in [5, 5.41) is 0. The predicted octanol–water partition coefficient (Wildman–Crippen LogP) is 2.68. The van der Waals surface area contributed by atoms with Gasteiger partial charge in [0.15, 0.2) is 0 Å². The van der Waals surface area contributed by atoms with Crippen LogP contribution in [0.3, 0.4) is 0 Å². The molecule has 0 aromatic carbocycles. The summed E-state index contributed by atoms with van der Waals surface area (Å²) in [6, 6.07) is 0.127. The lowest BCUT2D eigenvalue weighted by atomic mass is 9.84. The molecule has 4 heteroatoms. The number of amides is 1. The lowest BCUT2D eigenvalue weighted by Crippen LogP contribution is -2.48. The molecule has 19 heavy (non-hydrogen) atoms. The minimum atomic E-state index is 0. The summed E-state index contributed by atoms with van der Waals surface area (Å²) in [4.78, 5) is 14.7. The van der Waals surface area contributed by atoms with Crippen molar-refractivity contribution in [2.24, 2.45) is 29.4 Å². The number of halogens is 1. The van der Waals surface area contributed by atoms with Crippen molar-refractivity contribution < 1.29 is 4.79 Å². The van der Waals surface area contributed by atoms with Gasteiger partial charge in [0.25, 0.3) is 0 Å². The molecule has 112 valence electrons. The molecule has 0 heterocycles. The number of carbonyl (C=O) groups excluding carboxylic acids is 1. The van der Waals surface area contributed by atoms with E-state index in [-0.39, 0.29) is 24.4 Å². The highest BCUT2D eigenvalue weighted by molar-refractivity contribution is 5.85. The third kappa shape index (κ3) is 3.25. The highest BCUT2D eigenvalue weighted by Crippen LogP contribution is 2.48. The second-order valence-corrected chi connectivity index (χ2v) is 6.33. The fraction of sp³-hybridized carbons (Fsp3) is 0.933. The van der Waals surface area contributed by atoms with E-state index < -0.39 is 0 Å². The van der Waals surface area contributed by atoms with Crippen LogP contribution < -0.4 is 5.73 Å². The monoisotopic (exact) mass is 288 g/mol. The molecule has 2 aliphatic carbocycles. The Bertz CT molecular complexity index is 309. The zero-order valence-corrected chi connectivity index (χ0v) is 13.3. The van der Waals surface area contributed by atoms with Crippen LogP contribution in [0.1, 0.15) is 46.5 Å². The van der Waals surface area contributed by atoms with Crippen molar-refractivity contribution in [2.45, 2.75) is 52.5 Å². The standard InChI is InChI=1S/C15H28N2O.ClH/c1-4-10(3)9-17(5-2)15(18)13-11-6-7-12(8-11)14(13)16;/h10-14H,4-9,16H2,1-3H3;1H. The quantitative estimate of drug-likeness (QED) is 0.845. The van der Waals surface area contributed by atoms with Crippen molar-refractivity contribution in [3.8, 4) is 0 Å². The molecule has 0 radical (unpaired) electrons. The van der Waals surface area contributed by atoms with Gasteiger partial charge in [0.2, 0.25) is 5.91 Å². The molecule has 5 atom stereocenters. The molecule has 3 nitrogen and oxygen atoms in total. The van der Waals surface area contributed by atoms with E-state index in [9.17, 15) is 4.79 Å². The van der Waals surface area contributed by atoms with Crippen molar-refractivity contribution in [2.75, 3.05) is 13.1 Å². The molecular weight excluding hydrogens is 260 g/mol. The largest absolute Gasteiger partial charge is 0.342 e. The lowest BCUT2D eigenvalue weighted by molar-refractivity contribution is -0.138. The number of nitrogens with two attached hydrogens (primary N) is 1. The molecule has 2 rings (SSSR count). The smallest absolute Gasteiger partial charge is 0.227 e. The predicted molar refractivity (Wildman–Crippen MR) is 81.3 cm³/mol. The van der Waals surface area contributed by atoms with E-state index in [1.54, 1.807) is 0 Å². The van der Waals surface area contributed by atoms with Gasteiger partial charge in [-0.2, -0.15) is 0 Å². The van der Waals surface area contributed by atoms with Gasteiger partial charge in [-0.05, 0) is 43.9 Å². The molecule has 2 bridgehead atoms. The molecule has 0 spiro atoms. The molecule has 0 aromatic heterocycles. The SMILES string of the molecule is CCC(C)CN(CC)C(=O)C1C2CCC(C2)C1N.Cl. The minimum Gasteiger partial charge on any atom is -0.342 e. The van der Waals surface area contributed by atoms with Gasteiger partial charge in [-0.1, -0.05) is 20.3 Å². The summed E-state index contributed by atoms with van der Waals surface area (Å²) < 4.78 is 0. The fourth-order valence-corrected chi connectivity index (χ4v) is 3.79. The molecule has 2 saturated carbocycles. The van der Waals surface area contributed by atoms with E-state index in [4.69, 9.17) is 5.73 Å². The number of hydrogen-bond donors (Lipinski definition) is 1. The fourth-order valence-electron chi connectivity index (χ4n) is 3.79. The van der Waals surface area contributed by atoms with E-state index in [2.05, 4.69) is 20.8 Å². The topological polar surface area (TPSA) is 46.3 Å². The van der Waals surface area contributed by atoms with E-state index in [1.807, 2.05) is 4.90 Å². The Labute approximate surface area is 123 Å².